The standard InChI is InChI=1S/C17H14ClNO3S/c18-13-1-3-14(4-2-13)21-10-17(20)19-9-15-5-6-16(22-15)12-7-8-23-11-12/h1-8,11H,9-10H2,(H,19,20). The molecule has 1 aromatic carbocycles. The molecule has 0 aliphatic carbocycles. The molecule has 3 aromatic rings. The number of amides is 1. The summed E-state index contributed by atoms with van der Waals surface area (Å²) in [5, 5.41) is 7.39. The summed E-state index contributed by atoms with van der Waals surface area (Å²) in [6.07, 6.45) is 0. The van der Waals surface area contributed by atoms with Crippen molar-refractivity contribution in [2.45, 2.75) is 6.54 Å². The van der Waals surface area contributed by atoms with Gasteiger partial charge in [-0.25, -0.2) is 0 Å². The minimum atomic E-state index is -0.214. The van der Waals surface area contributed by atoms with E-state index in [1.807, 2.05) is 29.0 Å². The molecule has 0 aliphatic rings. The molecule has 4 nitrogen and oxygen atoms in total. The Bertz CT molecular complexity index is 766. The van der Waals surface area contributed by atoms with Crippen molar-refractivity contribution in [2.24, 2.45) is 0 Å². The first-order valence-electron chi connectivity index (χ1n) is 6.97. The third-order valence-electron chi connectivity index (χ3n) is 3.11. The van der Waals surface area contributed by atoms with Crippen molar-refractivity contribution in [2.75, 3.05) is 6.61 Å². The highest BCUT2D eigenvalue weighted by Gasteiger charge is 2.07. The smallest absolute Gasteiger partial charge is 0.258 e. The van der Waals surface area contributed by atoms with Crippen molar-refractivity contribution in [1.29, 1.82) is 0 Å². The van der Waals surface area contributed by atoms with Crippen LogP contribution in [-0.4, -0.2) is 12.5 Å². The fourth-order valence-electron chi connectivity index (χ4n) is 1.95. The number of hydrogen-bond acceptors (Lipinski definition) is 4. The molecule has 6 heteroatoms. The van der Waals surface area contributed by atoms with Gasteiger partial charge < -0.3 is 14.5 Å². The number of carbonyl (C=O) groups excluding carboxylic acids is 1. The van der Waals surface area contributed by atoms with E-state index in [0.29, 0.717) is 23.1 Å². The van der Waals surface area contributed by atoms with Crippen LogP contribution in [0.5, 0.6) is 5.75 Å². The highest BCUT2D eigenvalue weighted by molar-refractivity contribution is 7.08. The third-order valence-corrected chi connectivity index (χ3v) is 4.05. The molecule has 1 N–H and O–H groups in total. The number of furan rings is 1. The molecular formula is C17H14ClNO3S. The number of nitrogens with one attached hydrogen (secondary N) is 1. The van der Waals surface area contributed by atoms with Crippen LogP contribution in [0.3, 0.4) is 0 Å². The van der Waals surface area contributed by atoms with E-state index in [9.17, 15) is 4.79 Å². The average molecular weight is 348 g/mol. The first-order valence-corrected chi connectivity index (χ1v) is 8.29. The number of thiophene rings is 1. The van der Waals surface area contributed by atoms with Gasteiger partial charge in [0.2, 0.25) is 0 Å². The summed E-state index contributed by atoms with van der Waals surface area (Å²) >= 11 is 7.40. The van der Waals surface area contributed by atoms with Gasteiger partial charge in [0.15, 0.2) is 6.61 Å². The zero-order chi connectivity index (χ0) is 16.1. The summed E-state index contributed by atoms with van der Waals surface area (Å²) in [4.78, 5) is 11.8. The van der Waals surface area contributed by atoms with Crippen molar-refractivity contribution in [3.63, 3.8) is 0 Å². The van der Waals surface area contributed by atoms with Gasteiger partial charge in [-0.2, -0.15) is 11.3 Å². The Morgan fingerprint density at radius 1 is 1.17 bits per heavy atom. The van der Waals surface area contributed by atoms with Crippen LogP contribution in [0.15, 0.2) is 57.6 Å². The Hall–Kier alpha value is -2.24. The van der Waals surface area contributed by atoms with Crippen LogP contribution in [-0.2, 0) is 11.3 Å². The predicted octanol–water partition coefficient (Wildman–Crippen LogP) is 4.36. The van der Waals surface area contributed by atoms with E-state index in [0.717, 1.165) is 11.3 Å². The summed E-state index contributed by atoms with van der Waals surface area (Å²) in [5.74, 6) is 1.88. The lowest BCUT2D eigenvalue weighted by molar-refractivity contribution is -0.123. The number of rotatable bonds is 6. The lowest BCUT2D eigenvalue weighted by Crippen LogP contribution is -2.28. The number of benzene rings is 1. The highest BCUT2D eigenvalue weighted by atomic mass is 35.5. The second kappa shape index (κ2) is 7.35. The molecule has 23 heavy (non-hydrogen) atoms. The van der Waals surface area contributed by atoms with E-state index >= 15 is 0 Å². The summed E-state index contributed by atoms with van der Waals surface area (Å²) in [6, 6.07) is 12.6. The quantitative estimate of drug-likeness (QED) is 0.721. The van der Waals surface area contributed by atoms with Crippen molar-refractivity contribution in [3.8, 4) is 17.1 Å². The molecule has 0 saturated carbocycles. The molecular weight excluding hydrogens is 334 g/mol. The minimum Gasteiger partial charge on any atom is -0.484 e. The van der Waals surface area contributed by atoms with Gasteiger partial charge in [-0.05, 0) is 47.8 Å². The topological polar surface area (TPSA) is 51.5 Å². The normalized spacial score (nSPS) is 10.5. The number of halogens is 1. The van der Waals surface area contributed by atoms with Crippen molar-refractivity contribution >= 4 is 28.8 Å². The molecule has 118 valence electrons. The van der Waals surface area contributed by atoms with Gasteiger partial charge in [-0.3, -0.25) is 4.79 Å². The summed E-state index contributed by atoms with van der Waals surface area (Å²) in [7, 11) is 0. The van der Waals surface area contributed by atoms with Gasteiger partial charge in [0, 0.05) is 16.0 Å². The van der Waals surface area contributed by atoms with Gasteiger partial charge in [-0.15, -0.1) is 0 Å². The third kappa shape index (κ3) is 4.37. The van der Waals surface area contributed by atoms with E-state index in [4.69, 9.17) is 20.8 Å². The summed E-state index contributed by atoms with van der Waals surface area (Å²) in [6.45, 7) is 0.271. The molecule has 0 radical (unpaired) electrons. The van der Waals surface area contributed by atoms with Crippen molar-refractivity contribution in [1.82, 2.24) is 5.32 Å². The molecule has 0 fully saturated rings. The SMILES string of the molecule is O=C(COc1ccc(Cl)cc1)NCc1ccc(-c2ccsc2)o1. The Morgan fingerprint density at radius 3 is 2.74 bits per heavy atom. The molecule has 0 bridgehead atoms. The summed E-state index contributed by atoms with van der Waals surface area (Å²) in [5.41, 5.74) is 1.04. The van der Waals surface area contributed by atoms with Gasteiger partial charge in [0.25, 0.3) is 5.91 Å². The fourth-order valence-corrected chi connectivity index (χ4v) is 2.72. The van der Waals surface area contributed by atoms with Crippen LogP contribution in [0.25, 0.3) is 11.3 Å². The van der Waals surface area contributed by atoms with E-state index in [1.54, 1.807) is 35.6 Å². The maximum Gasteiger partial charge on any atom is 0.258 e. The summed E-state index contributed by atoms with van der Waals surface area (Å²) < 4.78 is 11.1. The van der Waals surface area contributed by atoms with Gasteiger partial charge in [0.05, 0.1) is 6.54 Å². The van der Waals surface area contributed by atoms with Crippen LogP contribution in [0.2, 0.25) is 5.02 Å². The number of carbonyl (C=O) groups is 1. The molecule has 0 atom stereocenters. The van der Waals surface area contributed by atoms with E-state index in [2.05, 4.69) is 5.32 Å². The molecule has 0 saturated heterocycles. The lowest BCUT2D eigenvalue weighted by atomic mass is 10.3. The molecule has 1 amide bonds. The number of hydrogen-bond donors (Lipinski definition) is 1. The highest BCUT2D eigenvalue weighted by Crippen LogP contribution is 2.24. The Kier molecular flexibility index (Phi) is 5.00. The maximum absolute atomic E-state index is 11.8. The second-order valence-electron chi connectivity index (χ2n) is 4.80. The first-order chi connectivity index (χ1) is 11.2. The van der Waals surface area contributed by atoms with E-state index in [-0.39, 0.29) is 12.5 Å². The van der Waals surface area contributed by atoms with Crippen molar-refractivity contribution in [3.05, 3.63) is 64.0 Å². The van der Waals surface area contributed by atoms with E-state index < -0.39 is 0 Å². The first kappa shape index (κ1) is 15.6. The van der Waals surface area contributed by atoms with Gasteiger partial charge >= 0.3 is 0 Å². The number of ether oxygens (including phenoxy) is 1. The maximum atomic E-state index is 11.8. The molecule has 2 aromatic heterocycles. The lowest BCUT2D eigenvalue weighted by Gasteiger charge is -2.06. The predicted molar refractivity (Wildman–Crippen MR) is 90.8 cm³/mol. The fraction of sp³-hybridized carbons (Fsp3) is 0.118. The molecule has 3 rings (SSSR count). The molecule has 0 aliphatic heterocycles. The van der Waals surface area contributed by atoms with Gasteiger partial charge in [-0.1, -0.05) is 11.6 Å². The molecule has 0 spiro atoms. The van der Waals surface area contributed by atoms with Crippen LogP contribution in [0, 0.1) is 0 Å². The molecule has 0 unspecified atom stereocenters. The average Bonchev–Trinajstić information content (AvgIpc) is 3.23. The Balaban J connectivity index is 1.46. The second-order valence-corrected chi connectivity index (χ2v) is 6.01. The van der Waals surface area contributed by atoms with Crippen LogP contribution < -0.4 is 10.1 Å². The minimum absolute atomic E-state index is 0.0558. The zero-order valence-corrected chi connectivity index (χ0v) is 13.7. The molecule has 2 heterocycles. The van der Waals surface area contributed by atoms with Gasteiger partial charge in [0.1, 0.15) is 17.3 Å². The van der Waals surface area contributed by atoms with E-state index in [1.165, 1.54) is 0 Å². The largest absolute Gasteiger partial charge is 0.484 e. The van der Waals surface area contributed by atoms with Crippen LogP contribution in [0.1, 0.15) is 5.76 Å². The monoisotopic (exact) mass is 347 g/mol. The Morgan fingerprint density at radius 2 is 2.00 bits per heavy atom. The van der Waals surface area contributed by atoms with Crippen LogP contribution in [0.4, 0.5) is 0 Å². The van der Waals surface area contributed by atoms with Crippen LogP contribution >= 0.6 is 22.9 Å². The Labute approximate surface area is 142 Å². The van der Waals surface area contributed by atoms with Crippen molar-refractivity contribution < 1.29 is 13.9 Å². The zero-order valence-electron chi connectivity index (χ0n) is 12.1.